The number of hydrogen-bond acceptors (Lipinski definition) is 4. The lowest BCUT2D eigenvalue weighted by atomic mass is 10.1. The van der Waals surface area contributed by atoms with Gasteiger partial charge in [0.2, 0.25) is 5.91 Å². The first-order valence-corrected chi connectivity index (χ1v) is 6.55. The van der Waals surface area contributed by atoms with Gasteiger partial charge in [-0.1, -0.05) is 6.07 Å². The monoisotopic (exact) mass is 287 g/mol. The Bertz CT molecular complexity index is 636. The summed E-state index contributed by atoms with van der Waals surface area (Å²) in [5.74, 6) is -0.273. The molecule has 0 aliphatic heterocycles. The largest absolute Gasteiger partial charge is 0.459 e. The van der Waals surface area contributed by atoms with Crippen molar-refractivity contribution in [3.63, 3.8) is 0 Å². The fourth-order valence-corrected chi connectivity index (χ4v) is 1.78. The highest BCUT2D eigenvalue weighted by molar-refractivity contribution is 6.03. The van der Waals surface area contributed by atoms with E-state index in [0.717, 1.165) is 5.56 Å². The first kappa shape index (κ1) is 14.8. The third-order valence-electron chi connectivity index (χ3n) is 2.89. The minimum absolute atomic E-state index is 0.162. The number of benzene rings is 1. The molecule has 2 amide bonds. The van der Waals surface area contributed by atoms with Crippen molar-refractivity contribution in [3.8, 4) is 0 Å². The second-order valence-electron chi connectivity index (χ2n) is 4.55. The van der Waals surface area contributed by atoms with Gasteiger partial charge in [-0.2, -0.15) is 0 Å². The van der Waals surface area contributed by atoms with Crippen molar-refractivity contribution in [1.29, 1.82) is 0 Å². The SMILES string of the molecule is Cc1ccc(NC(=O)CCN)cc1NC(=O)c1ccco1. The molecule has 0 fully saturated rings. The molecule has 1 aromatic heterocycles. The minimum Gasteiger partial charge on any atom is -0.459 e. The van der Waals surface area contributed by atoms with Crippen molar-refractivity contribution in [1.82, 2.24) is 0 Å². The van der Waals surface area contributed by atoms with Gasteiger partial charge in [-0.25, -0.2) is 0 Å². The smallest absolute Gasteiger partial charge is 0.291 e. The standard InChI is InChI=1S/C15H17N3O3/c1-10-4-5-11(17-14(19)6-7-16)9-12(10)18-15(20)13-3-2-8-21-13/h2-5,8-9H,6-7,16H2,1H3,(H,17,19)(H,18,20). The third-order valence-corrected chi connectivity index (χ3v) is 2.89. The maximum absolute atomic E-state index is 12.0. The number of carbonyl (C=O) groups is 2. The quantitative estimate of drug-likeness (QED) is 0.784. The van der Waals surface area contributed by atoms with Crippen LogP contribution in [-0.4, -0.2) is 18.4 Å². The molecule has 6 heteroatoms. The second-order valence-corrected chi connectivity index (χ2v) is 4.55. The van der Waals surface area contributed by atoms with Crippen LogP contribution in [0.25, 0.3) is 0 Å². The van der Waals surface area contributed by atoms with Gasteiger partial charge >= 0.3 is 0 Å². The number of nitrogens with two attached hydrogens (primary N) is 1. The Balaban J connectivity index is 2.12. The van der Waals surface area contributed by atoms with Crippen molar-refractivity contribution >= 4 is 23.2 Å². The minimum atomic E-state index is -0.339. The summed E-state index contributed by atoms with van der Waals surface area (Å²) in [6, 6.07) is 8.51. The average molecular weight is 287 g/mol. The van der Waals surface area contributed by atoms with Crippen molar-refractivity contribution in [2.24, 2.45) is 5.73 Å². The normalized spacial score (nSPS) is 10.2. The Hall–Kier alpha value is -2.60. The van der Waals surface area contributed by atoms with Crippen LogP contribution >= 0.6 is 0 Å². The number of anilines is 2. The molecule has 2 aromatic rings. The molecule has 0 aliphatic rings. The molecule has 0 saturated heterocycles. The molecule has 4 N–H and O–H groups in total. The molecular formula is C15H17N3O3. The molecule has 1 heterocycles. The Kier molecular flexibility index (Phi) is 4.73. The summed E-state index contributed by atoms with van der Waals surface area (Å²) in [7, 11) is 0. The zero-order valence-corrected chi connectivity index (χ0v) is 11.7. The number of hydrogen-bond donors (Lipinski definition) is 3. The van der Waals surface area contributed by atoms with E-state index in [1.165, 1.54) is 6.26 Å². The van der Waals surface area contributed by atoms with E-state index in [-0.39, 0.29) is 24.0 Å². The lowest BCUT2D eigenvalue weighted by Gasteiger charge is -2.10. The van der Waals surface area contributed by atoms with E-state index < -0.39 is 0 Å². The van der Waals surface area contributed by atoms with E-state index in [1.807, 2.05) is 13.0 Å². The summed E-state index contributed by atoms with van der Waals surface area (Å²) < 4.78 is 5.04. The van der Waals surface area contributed by atoms with Crippen molar-refractivity contribution in [3.05, 3.63) is 47.9 Å². The summed E-state index contributed by atoms with van der Waals surface area (Å²) in [5, 5.41) is 5.47. The molecule has 0 saturated carbocycles. The lowest BCUT2D eigenvalue weighted by Crippen LogP contribution is -2.17. The van der Waals surface area contributed by atoms with Gasteiger partial charge in [0.25, 0.3) is 5.91 Å². The van der Waals surface area contributed by atoms with Crippen molar-refractivity contribution < 1.29 is 14.0 Å². The predicted octanol–water partition coefficient (Wildman–Crippen LogP) is 2.13. The van der Waals surface area contributed by atoms with Crippen LogP contribution in [0.2, 0.25) is 0 Å². The molecule has 0 bridgehead atoms. The van der Waals surface area contributed by atoms with Gasteiger partial charge in [0, 0.05) is 24.3 Å². The molecule has 0 radical (unpaired) electrons. The number of furan rings is 1. The third kappa shape index (κ3) is 3.93. The van der Waals surface area contributed by atoms with Crippen LogP contribution in [0.1, 0.15) is 22.5 Å². The number of aryl methyl sites for hydroxylation is 1. The topological polar surface area (TPSA) is 97.4 Å². The van der Waals surface area contributed by atoms with Crippen LogP contribution in [-0.2, 0) is 4.79 Å². The Morgan fingerprint density at radius 3 is 2.71 bits per heavy atom. The van der Waals surface area contributed by atoms with Gasteiger partial charge in [0.05, 0.1) is 6.26 Å². The van der Waals surface area contributed by atoms with Gasteiger partial charge in [0.15, 0.2) is 5.76 Å². The van der Waals surface area contributed by atoms with E-state index >= 15 is 0 Å². The zero-order chi connectivity index (χ0) is 15.2. The van der Waals surface area contributed by atoms with Gasteiger partial charge in [-0.3, -0.25) is 9.59 Å². The Labute approximate surface area is 122 Å². The van der Waals surface area contributed by atoms with E-state index in [2.05, 4.69) is 10.6 Å². The molecule has 21 heavy (non-hydrogen) atoms. The van der Waals surface area contributed by atoms with Gasteiger partial charge < -0.3 is 20.8 Å². The molecular weight excluding hydrogens is 270 g/mol. The summed E-state index contributed by atoms with van der Waals surface area (Å²) in [6.07, 6.45) is 1.69. The molecule has 6 nitrogen and oxygen atoms in total. The van der Waals surface area contributed by atoms with E-state index in [0.29, 0.717) is 17.9 Å². The molecule has 0 unspecified atom stereocenters. The van der Waals surface area contributed by atoms with Gasteiger partial charge in [-0.05, 0) is 36.8 Å². The summed E-state index contributed by atoms with van der Waals surface area (Å²) in [6.45, 7) is 2.16. The van der Waals surface area contributed by atoms with Crippen LogP contribution in [0.15, 0.2) is 41.0 Å². The van der Waals surface area contributed by atoms with Crippen LogP contribution in [0.5, 0.6) is 0 Å². The summed E-state index contributed by atoms with van der Waals surface area (Å²) in [5.41, 5.74) is 7.43. The first-order valence-electron chi connectivity index (χ1n) is 6.55. The van der Waals surface area contributed by atoms with E-state index in [9.17, 15) is 9.59 Å². The molecule has 0 atom stereocenters. The van der Waals surface area contributed by atoms with E-state index in [4.69, 9.17) is 10.2 Å². The van der Waals surface area contributed by atoms with Crippen LogP contribution < -0.4 is 16.4 Å². The van der Waals surface area contributed by atoms with Crippen LogP contribution in [0.3, 0.4) is 0 Å². The molecule has 0 spiro atoms. The average Bonchev–Trinajstić information content (AvgIpc) is 2.97. The summed E-state index contributed by atoms with van der Waals surface area (Å²) >= 11 is 0. The number of carbonyl (C=O) groups excluding carboxylic acids is 2. The Morgan fingerprint density at radius 1 is 1.24 bits per heavy atom. The number of amides is 2. The van der Waals surface area contributed by atoms with E-state index in [1.54, 1.807) is 24.3 Å². The van der Waals surface area contributed by atoms with Crippen LogP contribution in [0.4, 0.5) is 11.4 Å². The van der Waals surface area contributed by atoms with Crippen molar-refractivity contribution in [2.45, 2.75) is 13.3 Å². The highest BCUT2D eigenvalue weighted by Gasteiger charge is 2.11. The fourth-order valence-electron chi connectivity index (χ4n) is 1.78. The lowest BCUT2D eigenvalue weighted by molar-refractivity contribution is -0.116. The summed E-state index contributed by atoms with van der Waals surface area (Å²) in [4.78, 5) is 23.5. The second kappa shape index (κ2) is 6.71. The first-order chi connectivity index (χ1) is 10.1. The zero-order valence-electron chi connectivity index (χ0n) is 11.7. The number of rotatable bonds is 5. The highest BCUT2D eigenvalue weighted by Crippen LogP contribution is 2.21. The van der Waals surface area contributed by atoms with Crippen molar-refractivity contribution in [2.75, 3.05) is 17.2 Å². The molecule has 1 aromatic carbocycles. The maximum Gasteiger partial charge on any atom is 0.291 e. The fraction of sp³-hybridized carbons (Fsp3) is 0.200. The predicted molar refractivity (Wildman–Crippen MR) is 80.1 cm³/mol. The highest BCUT2D eigenvalue weighted by atomic mass is 16.3. The Morgan fingerprint density at radius 2 is 2.05 bits per heavy atom. The van der Waals surface area contributed by atoms with Gasteiger partial charge in [-0.15, -0.1) is 0 Å². The van der Waals surface area contributed by atoms with Gasteiger partial charge in [0.1, 0.15) is 0 Å². The molecule has 2 rings (SSSR count). The number of nitrogens with one attached hydrogen (secondary N) is 2. The van der Waals surface area contributed by atoms with Crippen LogP contribution in [0, 0.1) is 6.92 Å². The molecule has 0 aliphatic carbocycles. The maximum atomic E-state index is 12.0. The molecule has 110 valence electrons.